The molecule has 0 aliphatic carbocycles. The first-order valence-electron chi connectivity index (χ1n) is 13.1. The molecule has 5 rings (SSSR count). The van der Waals surface area contributed by atoms with Crippen molar-refractivity contribution in [2.24, 2.45) is 5.92 Å². The Hall–Kier alpha value is -4.10. The van der Waals surface area contributed by atoms with Gasteiger partial charge in [-0.2, -0.15) is 0 Å². The van der Waals surface area contributed by atoms with E-state index < -0.39 is 5.63 Å². The van der Waals surface area contributed by atoms with Crippen LogP contribution < -0.4 is 15.8 Å². The predicted molar refractivity (Wildman–Crippen MR) is 156 cm³/mol. The van der Waals surface area contributed by atoms with E-state index in [-0.39, 0.29) is 11.8 Å². The standard InChI is InChI=1S/C31H30ClN3O4/c1-20(2)17-29(36)35-15-13-34(14-16-35)27-12-11-24(19-26(27)32)33-30(37)22-9-7-21(8-10-22)25-18-23-5-3-4-6-28(23)39-31(25)38/h3-12,18-20H,13-17H2,1-2H3,(H,33,37). The van der Waals surface area contributed by atoms with Crippen LogP contribution in [0.15, 0.2) is 82.0 Å². The fraction of sp³-hybridized carbons (Fsp3) is 0.258. The molecule has 4 aromatic rings. The van der Waals surface area contributed by atoms with Gasteiger partial charge in [-0.05, 0) is 53.9 Å². The van der Waals surface area contributed by atoms with E-state index in [0.29, 0.717) is 71.5 Å². The second kappa shape index (κ2) is 11.3. The number of anilines is 2. The van der Waals surface area contributed by atoms with Crippen LogP contribution in [0.1, 0.15) is 30.6 Å². The molecule has 0 bridgehead atoms. The molecule has 1 fully saturated rings. The molecule has 39 heavy (non-hydrogen) atoms. The summed E-state index contributed by atoms with van der Waals surface area (Å²) >= 11 is 6.59. The summed E-state index contributed by atoms with van der Waals surface area (Å²) in [6, 6.07) is 21.4. The minimum atomic E-state index is -0.427. The van der Waals surface area contributed by atoms with Crippen molar-refractivity contribution in [3.63, 3.8) is 0 Å². The minimum absolute atomic E-state index is 0.197. The van der Waals surface area contributed by atoms with Crippen molar-refractivity contribution in [3.05, 3.63) is 93.8 Å². The number of hydrogen-bond acceptors (Lipinski definition) is 5. The molecule has 7 nitrogen and oxygen atoms in total. The highest BCUT2D eigenvalue weighted by Crippen LogP contribution is 2.30. The Kier molecular flexibility index (Phi) is 7.70. The number of amides is 2. The molecule has 0 spiro atoms. The van der Waals surface area contributed by atoms with Gasteiger partial charge in [-0.3, -0.25) is 9.59 Å². The van der Waals surface area contributed by atoms with Crippen LogP contribution >= 0.6 is 11.6 Å². The van der Waals surface area contributed by atoms with Crippen molar-refractivity contribution in [2.45, 2.75) is 20.3 Å². The molecule has 3 aromatic carbocycles. The van der Waals surface area contributed by atoms with Crippen LogP contribution in [0.4, 0.5) is 11.4 Å². The van der Waals surface area contributed by atoms with Gasteiger partial charge >= 0.3 is 5.63 Å². The first kappa shape index (κ1) is 26.5. The second-order valence-electron chi connectivity index (χ2n) is 10.1. The summed E-state index contributed by atoms with van der Waals surface area (Å²) in [5, 5.41) is 4.25. The van der Waals surface area contributed by atoms with Gasteiger partial charge in [-0.1, -0.05) is 55.8 Å². The van der Waals surface area contributed by atoms with Crippen LogP contribution in [0, 0.1) is 5.92 Å². The molecule has 1 N–H and O–H groups in total. The predicted octanol–water partition coefficient (Wildman–Crippen LogP) is 6.06. The second-order valence-corrected chi connectivity index (χ2v) is 10.6. The molecular formula is C31H30ClN3O4. The molecule has 1 saturated heterocycles. The summed E-state index contributed by atoms with van der Waals surface area (Å²) in [7, 11) is 0. The van der Waals surface area contributed by atoms with Gasteiger partial charge in [-0.25, -0.2) is 4.79 Å². The van der Waals surface area contributed by atoms with Crippen LogP contribution in [0.5, 0.6) is 0 Å². The third kappa shape index (κ3) is 5.99. The minimum Gasteiger partial charge on any atom is -0.422 e. The van der Waals surface area contributed by atoms with E-state index >= 15 is 0 Å². The zero-order chi connectivity index (χ0) is 27.5. The zero-order valence-corrected chi connectivity index (χ0v) is 22.7. The van der Waals surface area contributed by atoms with Gasteiger partial charge in [0.1, 0.15) is 5.58 Å². The monoisotopic (exact) mass is 543 g/mol. The number of fused-ring (bicyclic) bond motifs is 1. The number of benzene rings is 3. The van der Waals surface area contributed by atoms with Crippen LogP contribution in [0.3, 0.4) is 0 Å². The number of nitrogens with one attached hydrogen (secondary N) is 1. The molecule has 200 valence electrons. The normalized spacial score (nSPS) is 13.6. The van der Waals surface area contributed by atoms with Gasteiger partial charge in [0.05, 0.1) is 16.3 Å². The lowest BCUT2D eigenvalue weighted by molar-refractivity contribution is -0.132. The number of halogens is 1. The lowest BCUT2D eigenvalue weighted by Gasteiger charge is -2.36. The lowest BCUT2D eigenvalue weighted by Crippen LogP contribution is -2.49. The molecule has 1 aromatic heterocycles. The Balaban J connectivity index is 1.23. The van der Waals surface area contributed by atoms with Crippen LogP contribution in [-0.4, -0.2) is 42.9 Å². The number of rotatable bonds is 6. The first-order valence-corrected chi connectivity index (χ1v) is 13.4. The summed E-state index contributed by atoms with van der Waals surface area (Å²) < 4.78 is 5.43. The van der Waals surface area contributed by atoms with Crippen molar-refractivity contribution in [1.82, 2.24) is 4.90 Å². The number of nitrogens with zero attached hydrogens (tertiary/aromatic N) is 2. The number of para-hydroxylation sites is 1. The van der Waals surface area contributed by atoms with Gasteiger partial charge < -0.3 is 19.5 Å². The van der Waals surface area contributed by atoms with Crippen molar-refractivity contribution >= 4 is 45.8 Å². The topological polar surface area (TPSA) is 82.9 Å². The Labute approximate surface area is 232 Å². The lowest BCUT2D eigenvalue weighted by atomic mass is 10.0. The molecule has 1 aliphatic rings. The van der Waals surface area contributed by atoms with Crippen molar-refractivity contribution < 1.29 is 14.0 Å². The van der Waals surface area contributed by atoms with Crippen LogP contribution in [0.25, 0.3) is 22.1 Å². The van der Waals surface area contributed by atoms with Gasteiger partial charge in [0.15, 0.2) is 0 Å². The summed E-state index contributed by atoms with van der Waals surface area (Å²) in [5.74, 6) is 0.257. The summed E-state index contributed by atoms with van der Waals surface area (Å²) in [6.07, 6.45) is 0.566. The molecule has 2 heterocycles. The Morgan fingerprint density at radius 1 is 0.949 bits per heavy atom. The Bertz CT molecular complexity index is 1570. The quantitative estimate of drug-likeness (QED) is 0.299. The molecule has 0 saturated carbocycles. The van der Waals surface area contributed by atoms with E-state index in [9.17, 15) is 14.4 Å². The summed E-state index contributed by atoms with van der Waals surface area (Å²) in [4.78, 5) is 41.8. The molecule has 2 amide bonds. The van der Waals surface area contributed by atoms with Gasteiger partial charge in [-0.15, -0.1) is 0 Å². The van der Waals surface area contributed by atoms with E-state index in [4.69, 9.17) is 16.0 Å². The summed E-state index contributed by atoms with van der Waals surface area (Å²) in [6.45, 7) is 6.84. The third-order valence-electron chi connectivity index (χ3n) is 6.86. The Morgan fingerprint density at radius 3 is 2.36 bits per heavy atom. The van der Waals surface area contributed by atoms with Gasteiger partial charge in [0.2, 0.25) is 5.91 Å². The third-order valence-corrected chi connectivity index (χ3v) is 7.16. The first-order chi connectivity index (χ1) is 18.8. The maximum absolute atomic E-state index is 12.9. The van der Waals surface area contributed by atoms with Crippen LogP contribution in [0.2, 0.25) is 5.02 Å². The number of piperazine rings is 1. The smallest absolute Gasteiger partial charge is 0.344 e. The highest BCUT2D eigenvalue weighted by molar-refractivity contribution is 6.33. The highest BCUT2D eigenvalue weighted by Gasteiger charge is 2.23. The van der Waals surface area contributed by atoms with Gasteiger partial charge in [0, 0.05) is 49.2 Å². The highest BCUT2D eigenvalue weighted by atomic mass is 35.5. The molecule has 8 heteroatoms. The number of hydrogen-bond donors (Lipinski definition) is 1. The van der Waals surface area contributed by atoms with E-state index in [0.717, 1.165) is 11.1 Å². The molecule has 1 aliphatic heterocycles. The maximum Gasteiger partial charge on any atom is 0.344 e. The maximum atomic E-state index is 12.9. The van der Waals surface area contributed by atoms with E-state index in [1.165, 1.54) is 0 Å². The van der Waals surface area contributed by atoms with E-state index in [1.807, 2.05) is 35.2 Å². The van der Waals surface area contributed by atoms with Crippen molar-refractivity contribution in [2.75, 3.05) is 36.4 Å². The molecule has 0 atom stereocenters. The Morgan fingerprint density at radius 2 is 1.67 bits per heavy atom. The largest absolute Gasteiger partial charge is 0.422 e. The molecular weight excluding hydrogens is 514 g/mol. The van der Waals surface area contributed by atoms with E-state index in [1.54, 1.807) is 42.5 Å². The molecule has 0 radical (unpaired) electrons. The average molecular weight is 544 g/mol. The fourth-order valence-electron chi connectivity index (χ4n) is 4.78. The number of carbonyl (C=O) groups excluding carboxylic acids is 2. The zero-order valence-electron chi connectivity index (χ0n) is 21.9. The number of carbonyl (C=O) groups is 2. The van der Waals surface area contributed by atoms with Crippen LogP contribution in [-0.2, 0) is 4.79 Å². The molecule has 0 unspecified atom stereocenters. The van der Waals surface area contributed by atoms with Crippen molar-refractivity contribution in [1.29, 1.82) is 0 Å². The SMILES string of the molecule is CC(C)CC(=O)N1CCN(c2ccc(NC(=O)c3ccc(-c4cc5ccccc5oc4=O)cc3)cc2Cl)CC1. The average Bonchev–Trinajstić information content (AvgIpc) is 2.92. The summed E-state index contributed by atoms with van der Waals surface area (Å²) in [5.41, 5.74) is 3.13. The van der Waals surface area contributed by atoms with E-state index in [2.05, 4.69) is 24.1 Å². The van der Waals surface area contributed by atoms with Crippen molar-refractivity contribution in [3.8, 4) is 11.1 Å². The van der Waals surface area contributed by atoms with Gasteiger partial charge in [0.25, 0.3) is 5.91 Å². The fourth-order valence-corrected chi connectivity index (χ4v) is 5.08.